The molecule has 302 valence electrons. The Hall–Kier alpha value is -5.15. The summed E-state index contributed by atoms with van der Waals surface area (Å²) in [6, 6.07) is 6.43. The standard InChI is InChI=1S/C38H37F5N8O2S.CH2F2/c1-19-7-12-50(13-8-19)17-37(9-10-37)18-53-36-48-30-27-31(52-15-14-51(35(27)49-36)20(2)21-4-3-11-47-33(21)45)28(38(41,42)43)26(29(30)40)22-5-6-24(39)32-25(22)23(16-44)34(46)54-32;2-1-3/h3-6,11,19-20H,7-10,12-15,17-18,46H2,1-2H3,(H2,45,47);1H2. The number of nitrogens with two attached hydrogens (primary N) is 2. The number of benzene rings is 2. The van der Waals surface area contributed by atoms with E-state index in [9.17, 15) is 14.0 Å². The minimum Gasteiger partial charge on any atom is -0.490 e. The van der Waals surface area contributed by atoms with Gasteiger partial charge < -0.3 is 30.7 Å². The number of nitriles is 1. The van der Waals surface area contributed by atoms with Gasteiger partial charge in [0.1, 0.15) is 52.0 Å². The number of alkyl halides is 5. The van der Waals surface area contributed by atoms with E-state index in [0.29, 0.717) is 22.8 Å². The molecule has 1 atom stereocenters. The van der Waals surface area contributed by atoms with Crippen molar-refractivity contribution in [1.82, 2.24) is 19.9 Å². The van der Waals surface area contributed by atoms with Crippen LogP contribution >= 0.6 is 11.3 Å². The zero-order valence-corrected chi connectivity index (χ0v) is 31.8. The van der Waals surface area contributed by atoms with Crippen molar-refractivity contribution < 1.29 is 40.2 Å². The number of nitrogen functional groups attached to an aromatic ring is 2. The van der Waals surface area contributed by atoms with E-state index in [4.69, 9.17) is 25.9 Å². The number of hydrogen-bond donors (Lipinski definition) is 2. The number of hydrogen-bond acceptors (Lipinski definition) is 11. The highest BCUT2D eigenvalue weighted by molar-refractivity contribution is 7.23. The molecule has 5 heterocycles. The quantitative estimate of drug-likeness (QED) is 0.146. The molecule has 1 saturated carbocycles. The molecule has 10 nitrogen and oxygen atoms in total. The molecule has 2 fully saturated rings. The second kappa shape index (κ2) is 15.7. The number of nitrogens with zero attached hydrogens (tertiary/aromatic N) is 6. The van der Waals surface area contributed by atoms with Crippen LogP contribution in [0.2, 0.25) is 0 Å². The van der Waals surface area contributed by atoms with E-state index in [2.05, 4.69) is 21.8 Å². The van der Waals surface area contributed by atoms with Gasteiger partial charge in [0.15, 0.2) is 5.82 Å². The normalized spacial score (nSPS) is 17.4. The highest BCUT2D eigenvalue weighted by Gasteiger charge is 2.47. The first-order valence-corrected chi connectivity index (χ1v) is 19.2. The van der Waals surface area contributed by atoms with Crippen LogP contribution in [-0.2, 0) is 6.18 Å². The highest BCUT2D eigenvalue weighted by atomic mass is 32.1. The van der Waals surface area contributed by atoms with Crippen molar-refractivity contribution in [3.63, 3.8) is 0 Å². The molecule has 5 aromatic rings. The SMILES string of the molecule is CC1CCN(CC2(COc3nc4c5c(c(C(F)(F)F)c(-c6ccc(F)c7sc(N)c(C#N)c67)c(F)c5n3)OCCN4C(C)c3cccnc3N)CC2)CC1.FCF. The van der Waals surface area contributed by atoms with Crippen LogP contribution in [0, 0.1) is 34.3 Å². The Balaban J connectivity index is 0.00000160. The number of pyridine rings is 1. The van der Waals surface area contributed by atoms with Crippen molar-refractivity contribution >= 4 is 49.0 Å². The van der Waals surface area contributed by atoms with E-state index in [-0.39, 0.29) is 74.4 Å². The predicted molar refractivity (Wildman–Crippen MR) is 203 cm³/mol. The molecule has 0 amide bonds. The molecule has 0 spiro atoms. The number of ether oxygens (including phenoxy) is 2. The third-order valence-electron chi connectivity index (χ3n) is 11.0. The average molecular weight is 817 g/mol. The number of fused-ring (bicyclic) bond motifs is 1. The molecule has 4 N–H and O–H groups in total. The Kier molecular flexibility index (Phi) is 11.0. The van der Waals surface area contributed by atoms with Crippen LogP contribution in [0.25, 0.3) is 32.1 Å². The molecule has 8 rings (SSSR count). The van der Waals surface area contributed by atoms with Gasteiger partial charge in [0.2, 0.25) is 6.93 Å². The summed E-state index contributed by atoms with van der Waals surface area (Å²) in [4.78, 5) is 17.4. The van der Waals surface area contributed by atoms with Crippen molar-refractivity contribution in [1.29, 1.82) is 5.26 Å². The van der Waals surface area contributed by atoms with Crippen LogP contribution in [-0.4, -0.2) is 66.2 Å². The number of anilines is 3. The van der Waals surface area contributed by atoms with E-state index in [0.717, 1.165) is 57.5 Å². The number of rotatable bonds is 8. The zero-order valence-electron chi connectivity index (χ0n) is 31.0. The van der Waals surface area contributed by atoms with Crippen LogP contribution in [0.3, 0.4) is 0 Å². The van der Waals surface area contributed by atoms with E-state index >= 15 is 22.0 Å². The Morgan fingerprint density at radius 1 is 1.09 bits per heavy atom. The summed E-state index contributed by atoms with van der Waals surface area (Å²) in [7, 11) is 0. The summed E-state index contributed by atoms with van der Waals surface area (Å²) in [5, 5.41) is 9.29. The molecule has 2 aromatic carbocycles. The maximum atomic E-state index is 17.4. The van der Waals surface area contributed by atoms with Crippen LogP contribution in [0.15, 0.2) is 30.5 Å². The van der Waals surface area contributed by atoms with Crippen LogP contribution in [0.5, 0.6) is 11.8 Å². The van der Waals surface area contributed by atoms with Crippen molar-refractivity contribution in [2.75, 3.05) is 62.7 Å². The average Bonchev–Trinajstić information content (AvgIpc) is 3.89. The van der Waals surface area contributed by atoms with E-state index in [1.807, 2.05) is 6.07 Å². The van der Waals surface area contributed by atoms with Gasteiger partial charge in [0.05, 0.1) is 34.8 Å². The van der Waals surface area contributed by atoms with Crippen molar-refractivity contribution in [3.05, 3.63) is 58.8 Å². The summed E-state index contributed by atoms with van der Waals surface area (Å²) < 4.78 is 110. The first-order valence-electron chi connectivity index (χ1n) is 18.3. The fraction of sp³-hybridized carbons (Fsp3) is 0.436. The molecule has 0 bridgehead atoms. The summed E-state index contributed by atoms with van der Waals surface area (Å²) >= 11 is 0.695. The highest BCUT2D eigenvalue weighted by Crippen LogP contribution is 2.54. The number of thiophene rings is 1. The molecule has 3 aliphatic rings. The predicted octanol–water partition coefficient (Wildman–Crippen LogP) is 8.97. The minimum atomic E-state index is -5.19. The smallest absolute Gasteiger partial charge is 0.420 e. The first kappa shape index (κ1) is 40.1. The van der Waals surface area contributed by atoms with Gasteiger partial charge in [0.25, 0.3) is 0 Å². The maximum Gasteiger partial charge on any atom is 0.420 e. The minimum absolute atomic E-state index is 0.0295. The van der Waals surface area contributed by atoms with Gasteiger partial charge >= 0.3 is 12.2 Å². The van der Waals surface area contributed by atoms with Crippen LogP contribution in [0.1, 0.15) is 62.3 Å². The molecule has 18 heteroatoms. The summed E-state index contributed by atoms with van der Waals surface area (Å²) in [5.41, 5.74) is 9.17. The van der Waals surface area contributed by atoms with Gasteiger partial charge in [-0.25, -0.2) is 22.5 Å². The second-order valence-electron chi connectivity index (χ2n) is 14.7. The van der Waals surface area contributed by atoms with Crippen molar-refractivity contribution in [3.8, 4) is 29.0 Å². The molecule has 1 aliphatic carbocycles. The largest absolute Gasteiger partial charge is 0.490 e. The molecule has 2 aliphatic heterocycles. The molecule has 57 heavy (non-hydrogen) atoms. The maximum absolute atomic E-state index is 17.4. The van der Waals surface area contributed by atoms with Gasteiger partial charge in [0, 0.05) is 34.7 Å². The molecule has 1 unspecified atom stereocenters. The lowest BCUT2D eigenvalue weighted by Crippen LogP contribution is -2.39. The topological polar surface area (TPSA) is 139 Å². The molecule has 0 radical (unpaired) electrons. The monoisotopic (exact) mass is 816 g/mol. The van der Waals surface area contributed by atoms with E-state index < -0.39 is 53.2 Å². The number of piperidine rings is 1. The van der Waals surface area contributed by atoms with Crippen molar-refractivity contribution in [2.24, 2.45) is 11.3 Å². The fourth-order valence-corrected chi connectivity index (χ4v) is 8.78. The fourth-order valence-electron chi connectivity index (χ4n) is 7.83. The lowest BCUT2D eigenvalue weighted by Gasteiger charge is -2.33. The summed E-state index contributed by atoms with van der Waals surface area (Å²) in [5.74, 6) is -2.02. The summed E-state index contributed by atoms with van der Waals surface area (Å²) in [6.45, 7) is 5.09. The summed E-state index contributed by atoms with van der Waals surface area (Å²) in [6.07, 6.45) is 0.394. The lowest BCUT2D eigenvalue weighted by molar-refractivity contribution is -0.138. The molecule has 3 aromatic heterocycles. The van der Waals surface area contributed by atoms with Gasteiger partial charge in [-0.1, -0.05) is 19.1 Å². The van der Waals surface area contributed by atoms with Gasteiger partial charge in [-0.2, -0.15) is 28.4 Å². The van der Waals surface area contributed by atoms with Gasteiger partial charge in [-0.05, 0) is 69.3 Å². The number of aromatic nitrogens is 3. The second-order valence-corrected chi connectivity index (χ2v) is 15.8. The first-order chi connectivity index (χ1) is 27.2. The zero-order chi connectivity index (χ0) is 40.8. The molecular formula is C39H39F7N8O2S. The van der Waals surface area contributed by atoms with Crippen LogP contribution in [0.4, 0.5) is 47.4 Å². The van der Waals surface area contributed by atoms with Gasteiger partial charge in [-0.3, -0.25) is 0 Å². The molecule has 1 saturated heterocycles. The Bertz CT molecular complexity index is 2360. The number of likely N-dealkylation sites (tertiary alicyclic amines) is 1. The van der Waals surface area contributed by atoms with E-state index in [1.54, 1.807) is 24.0 Å². The third-order valence-corrected chi connectivity index (χ3v) is 12.1. The Labute approximate surface area is 327 Å². The van der Waals surface area contributed by atoms with Crippen LogP contribution < -0.4 is 25.8 Å². The van der Waals surface area contributed by atoms with Crippen molar-refractivity contribution in [2.45, 2.75) is 51.7 Å². The lowest BCUT2D eigenvalue weighted by atomic mass is 9.91. The molecular weight excluding hydrogens is 778 g/mol. The Morgan fingerprint density at radius 2 is 1.81 bits per heavy atom. The third kappa shape index (κ3) is 7.54. The van der Waals surface area contributed by atoms with E-state index in [1.165, 1.54) is 6.20 Å². The Morgan fingerprint density at radius 3 is 2.46 bits per heavy atom. The van der Waals surface area contributed by atoms with Gasteiger partial charge in [-0.15, -0.1) is 11.3 Å². The number of halogens is 7.